The highest BCUT2D eigenvalue weighted by molar-refractivity contribution is 5.74. The molecule has 6 unspecified atom stereocenters. The van der Waals surface area contributed by atoms with Gasteiger partial charge in [0.05, 0.1) is 6.61 Å². The monoisotopic (exact) mass is 1110 g/mol. The maximum Gasteiger partial charge on any atom is 0.335 e. The third kappa shape index (κ3) is 44.0. The van der Waals surface area contributed by atoms with Gasteiger partial charge in [0.15, 0.2) is 24.6 Å². The Morgan fingerprint density at radius 2 is 0.810 bits per heavy atom. The van der Waals surface area contributed by atoms with Crippen molar-refractivity contribution in [2.75, 3.05) is 13.2 Å². The molecule has 0 saturated carbocycles. The van der Waals surface area contributed by atoms with Gasteiger partial charge in [-0.1, -0.05) is 234 Å². The van der Waals surface area contributed by atoms with E-state index >= 15 is 0 Å². The van der Waals surface area contributed by atoms with Crippen LogP contribution in [0.5, 0.6) is 0 Å². The lowest BCUT2D eigenvalue weighted by Crippen LogP contribution is -2.61. The molecule has 1 rings (SSSR count). The van der Waals surface area contributed by atoms with Crippen LogP contribution in [-0.4, -0.2) is 89.2 Å². The van der Waals surface area contributed by atoms with Crippen molar-refractivity contribution in [1.82, 2.24) is 0 Å². The van der Waals surface area contributed by atoms with Crippen LogP contribution in [0.15, 0.2) is 97.2 Å². The molecule has 0 aromatic heterocycles. The summed E-state index contributed by atoms with van der Waals surface area (Å²) in [6, 6.07) is 0. The molecule has 0 aliphatic carbocycles. The van der Waals surface area contributed by atoms with E-state index in [0.717, 1.165) is 103 Å². The van der Waals surface area contributed by atoms with E-state index in [9.17, 15) is 34.5 Å². The molecule has 3 N–H and O–H groups in total. The predicted molar refractivity (Wildman–Crippen MR) is 321 cm³/mol. The first-order valence-corrected chi connectivity index (χ1v) is 31.2. The minimum atomic E-state index is -1.93. The number of carboxylic acids is 1. The first kappa shape index (κ1) is 72.7. The molecular weight excluding hydrogens is 997 g/mol. The maximum absolute atomic E-state index is 13.2. The number of carbonyl (C=O) groups is 4. The number of aliphatic hydroxyl groups is 2. The van der Waals surface area contributed by atoms with E-state index in [0.29, 0.717) is 25.7 Å². The first-order chi connectivity index (χ1) is 38.6. The minimum absolute atomic E-state index is 0.0219. The normalized spacial score (nSPS) is 18.5. The van der Waals surface area contributed by atoms with Crippen molar-refractivity contribution in [2.45, 2.75) is 289 Å². The highest BCUT2D eigenvalue weighted by Crippen LogP contribution is 2.26. The van der Waals surface area contributed by atoms with Crippen molar-refractivity contribution in [3.8, 4) is 0 Å². The van der Waals surface area contributed by atoms with E-state index in [-0.39, 0.29) is 25.9 Å². The largest absolute Gasteiger partial charge is 0.479 e. The van der Waals surface area contributed by atoms with Crippen molar-refractivity contribution in [3.05, 3.63) is 97.2 Å². The number of unbranched alkanes of at least 4 members (excludes halogenated alkanes) is 22. The number of allylic oxidation sites excluding steroid dienone is 16. The van der Waals surface area contributed by atoms with E-state index in [1.807, 2.05) is 12.2 Å². The summed E-state index contributed by atoms with van der Waals surface area (Å²) in [6.07, 6.45) is 59.4. The van der Waals surface area contributed by atoms with Gasteiger partial charge in [0.25, 0.3) is 0 Å². The summed E-state index contributed by atoms with van der Waals surface area (Å²) in [4.78, 5) is 51.2. The Bertz CT molecular complexity index is 1740. The number of hydrogen-bond acceptors (Lipinski definition) is 11. The van der Waals surface area contributed by atoms with Gasteiger partial charge in [0.2, 0.25) is 0 Å². The molecule has 12 heteroatoms. The van der Waals surface area contributed by atoms with Crippen LogP contribution in [0.3, 0.4) is 0 Å². The Hall–Kier alpha value is -4.36. The van der Waals surface area contributed by atoms with Crippen LogP contribution in [0.25, 0.3) is 0 Å². The highest BCUT2D eigenvalue weighted by Gasteiger charge is 2.50. The van der Waals surface area contributed by atoms with Gasteiger partial charge in [-0.3, -0.25) is 14.4 Å². The molecule has 0 radical (unpaired) electrons. The van der Waals surface area contributed by atoms with Gasteiger partial charge in [-0.05, 0) is 96.3 Å². The summed E-state index contributed by atoms with van der Waals surface area (Å²) in [5.41, 5.74) is 0. The van der Waals surface area contributed by atoms with Crippen molar-refractivity contribution >= 4 is 23.9 Å². The Morgan fingerprint density at radius 3 is 1.28 bits per heavy atom. The number of carbonyl (C=O) groups excluding carboxylic acids is 3. The van der Waals surface area contributed by atoms with E-state index < -0.39 is 67.3 Å². The fraction of sp³-hybridized carbons (Fsp3) is 0.701. The van der Waals surface area contributed by atoms with Gasteiger partial charge in [-0.2, -0.15) is 0 Å². The SMILES string of the molecule is CC/C=C\C/C=C\C/C=C\C/C=C\C/C=C\CCCC(=O)OC1C(OCC(COC(=O)CCCCCCCC/C=C\C/C=C\C/C=C\CCCCC)OC(=O)CCCCCCCCCCCCCCC)OC(C(=O)O)C(O)C1O. The van der Waals surface area contributed by atoms with Crippen LogP contribution in [0.1, 0.15) is 252 Å². The summed E-state index contributed by atoms with van der Waals surface area (Å²) in [5, 5.41) is 31.5. The number of aliphatic carboxylic acids is 1. The highest BCUT2D eigenvalue weighted by atomic mass is 16.7. The van der Waals surface area contributed by atoms with Crippen LogP contribution in [-0.2, 0) is 42.9 Å². The molecule has 1 aliphatic heterocycles. The van der Waals surface area contributed by atoms with Gasteiger partial charge < -0.3 is 39.0 Å². The van der Waals surface area contributed by atoms with Crippen molar-refractivity contribution in [1.29, 1.82) is 0 Å². The van der Waals surface area contributed by atoms with Crippen molar-refractivity contribution < 1.29 is 58.2 Å². The summed E-state index contributed by atoms with van der Waals surface area (Å²) >= 11 is 0. The number of carboxylic acid groups (broad SMARTS) is 1. The molecule has 1 aliphatic rings. The molecule has 0 spiro atoms. The fourth-order valence-corrected chi connectivity index (χ4v) is 8.88. The summed E-state index contributed by atoms with van der Waals surface area (Å²) in [6.45, 7) is 5.82. The zero-order valence-corrected chi connectivity index (χ0v) is 49.6. The molecule has 450 valence electrons. The van der Waals surface area contributed by atoms with Gasteiger partial charge in [-0.25, -0.2) is 4.79 Å². The summed E-state index contributed by atoms with van der Waals surface area (Å²) in [7, 11) is 0. The molecule has 0 aromatic carbocycles. The second-order valence-electron chi connectivity index (χ2n) is 21.0. The number of hydrogen-bond donors (Lipinski definition) is 3. The van der Waals surface area contributed by atoms with E-state index in [2.05, 4.69) is 106 Å². The number of aliphatic hydroxyl groups excluding tert-OH is 2. The number of ether oxygens (including phenoxy) is 5. The third-order valence-corrected chi connectivity index (χ3v) is 13.6. The van der Waals surface area contributed by atoms with Crippen molar-refractivity contribution in [2.24, 2.45) is 0 Å². The van der Waals surface area contributed by atoms with Gasteiger partial charge in [0.1, 0.15) is 18.8 Å². The average Bonchev–Trinajstić information content (AvgIpc) is 3.46. The lowest BCUT2D eigenvalue weighted by atomic mass is 9.98. The molecule has 1 saturated heterocycles. The Morgan fingerprint density at radius 1 is 0.430 bits per heavy atom. The van der Waals surface area contributed by atoms with Crippen LogP contribution in [0.4, 0.5) is 0 Å². The van der Waals surface area contributed by atoms with Crippen LogP contribution < -0.4 is 0 Å². The second-order valence-corrected chi connectivity index (χ2v) is 21.0. The van der Waals surface area contributed by atoms with E-state index in [4.69, 9.17) is 23.7 Å². The molecule has 0 aromatic rings. The Kier molecular flexibility index (Phi) is 49.9. The zero-order valence-electron chi connectivity index (χ0n) is 49.6. The number of rotatable bonds is 52. The van der Waals surface area contributed by atoms with Gasteiger partial charge in [0, 0.05) is 19.3 Å². The predicted octanol–water partition coefficient (Wildman–Crippen LogP) is 16.5. The fourth-order valence-electron chi connectivity index (χ4n) is 8.88. The average molecular weight is 1110 g/mol. The lowest BCUT2D eigenvalue weighted by molar-refractivity contribution is -0.301. The third-order valence-electron chi connectivity index (χ3n) is 13.6. The maximum atomic E-state index is 13.2. The molecule has 0 amide bonds. The summed E-state index contributed by atoms with van der Waals surface area (Å²) < 4.78 is 28.4. The molecule has 1 fully saturated rings. The van der Waals surface area contributed by atoms with Gasteiger partial charge >= 0.3 is 23.9 Å². The lowest BCUT2D eigenvalue weighted by Gasteiger charge is -2.40. The van der Waals surface area contributed by atoms with Crippen LogP contribution in [0, 0.1) is 0 Å². The second kappa shape index (κ2) is 54.2. The molecule has 1 heterocycles. The van der Waals surface area contributed by atoms with E-state index in [1.165, 1.54) is 83.5 Å². The quantitative estimate of drug-likeness (QED) is 0.0228. The molecule has 12 nitrogen and oxygen atoms in total. The number of esters is 3. The van der Waals surface area contributed by atoms with Crippen LogP contribution in [0.2, 0.25) is 0 Å². The van der Waals surface area contributed by atoms with Gasteiger partial charge in [-0.15, -0.1) is 0 Å². The molecular formula is C67H110O12. The molecule has 6 atom stereocenters. The Balaban J connectivity index is 2.71. The standard InChI is InChI=1S/C67H110O12/c1-4-7-10-13-16-19-22-25-27-29-30-32-33-36-38-41-44-47-50-53-59(68)75-56-58(77-60(69)54-51-48-45-42-39-35-24-21-18-15-12-9-6-3)57-76-67-65(63(72)62(71)64(79-67)66(73)74)78-61(70)55-52-49-46-43-40-37-34-31-28-26-23-20-17-14-11-8-5-2/h8,11,16-17,19-20,25-28,30,32,34,37,43,46,58,62-65,67,71-72H,4-7,9-10,12-15,18,21-24,29,31,33,35-36,38-42,44-45,47-57H2,1-3H3,(H,73,74)/b11-8-,19-16-,20-17-,27-25-,28-26-,32-30-,37-34-,46-43-. The smallest absolute Gasteiger partial charge is 0.335 e. The topological polar surface area (TPSA) is 175 Å². The first-order valence-electron chi connectivity index (χ1n) is 31.2. The zero-order chi connectivity index (χ0) is 57.5. The minimum Gasteiger partial charge on any atom is -0.479 e. The Labute approximate surface area is 479 Å². The summed E-state index contributed by atoms with van der Waals surface area (Å²) in [5.74, 6) is -3.21. The molecule has 0 bridgehead atoms. The molecule has 79 heavy (non-hydrogen) atoms. The van der Waals surface area contributed by atoms with E-state index in [1.54, 1.807) is 0 Å². The van der Waals surface area contributed by atoms with Crippen LogP contribution >= 0.6 is 0 Å². The van der Waals surface area contributed by atoms with Crippen molar-refractivity contribution in [3.63, 3.8) is 0 Å².